The number of carbonyl (C=O) groups excluding carboxylic acids is 1. The summed E-state index contributed by atoms with van der Waals surface area (Å²) in [6.45, 7) is 3.45. The molecule has 0 bridgehead atoms. The Balaban J connectivity index is 2.42. The van der Waals surface area contributed by atoms with E-state index in [0.717, 1.165) is 21.6 Å². The molecule has 1 aromatic heterocycles. The number of rotatable bonds is 3. The Kier molecular flexibility index (Phi) is 4.43. The van der Waals surface area contributed by atoms with Crippen molar-refractivity contribution in [1.29, 1.82) is 0 Å². The Morgan fingerprint density at radius 2 is 2.00 bits per heavy atom. The fourth-order valence-electron chi connectivity index (χ4n) is 1.97. The maximum absolute atomic E-state index is 12.6. The van der Waals surface area contributed by atoms with Gasteiger partial charge in [0.1, 0.15) is 10.6 Å². The van der Waals surface area contributed by atoms with Gasteiger partial charge < -0.3 is 10.0 Å². The number of carboxylic acids is 1. The highest BCUT2D eigenvalue weighted by atomic mass is 79.9. The highest BCUT2D eigenvalue weighted by molar-refractivity contribution is 9.10. The van der Waals surface area contributed by atoms with Crippen LogP contribution < -0.4 is 4.90 Å². The molecule has 1 N–H and O–H groups in total. The summed E-state index contributed by atoms with van der Waals surface area (Å²) >= 11 is 4.36. The SMILES string of the molecule is Cc1cc(Br)ccc1C(=O)N(C)c1snc(C)c1C(=O)O. The maximum Gasteiger partial charge on any atom is 0.340 e. The Bertz CT molecular complexity index is 727. The number of aromatic carboxylic acids is 1. The van der Waals surface area contributed by atoms with Crippen LogP contribution in [0, 0.1) is 13.8 Å². The van der Waals surface area contributed by atoms with E-state index in [9.17, 15) is 14.7 Å². The van der Waals surface area contributed by atoms with Crippen LogP contribution in [0.15, 0.2) is 22.7 Å². The van der Waals surface area contributed by atoms with Crippen molar-refractivity contribution >= 4 is 44.3 Å². The molecule has 1 heterocycles. The molecule has 0 saturated carbocycles. The molecule has 2 rings (SSSR count). The average molecular weight is 369 g/mol. The molecule has 21 heavy (non-hydrogen) atoms. The van der Waals surface area contributed by atoms with Crippen molar-refractivity contribution in [3.8, 4) is 0 Å². The van der Waals surface area contributed by atoms with Gasteiger partial charge in [-0.05, 0) is 49.1 Å². The lowest BCUT2D eigenvalue weighted by Gasteiger charge is -2.17. The molecular weight excluding hydrogens is 356 g/mol. The number of hydrogen-bond acceptors (Lipinski definition) is 4. The van der Waals surface area contributed by atoms with Gasteiger partial charge in [-0.3, -0.25) is 4.79 Å². The topological polar surface area (TPSA) is 70.5 Å². The summed E-state index contributed by atoms with van der Waals surface area (Å²) in [4.78, 5) is 25.2. The third-order valence-electron chi connectivity index (χ3n) is 3.09. The van der Waals surface area contributed by atoms with Crippen LogP contribution in [0.1, 0.15) is 32.0 Å². The van der Waals surface area contributed by atoms with Crippen LogP contribution in [0.3, 0.4) is 0 Å². The van der Waals surface area contributed by atoms with E-state index in [2.05, 4.69) is 20.3 Å². The maximum atomic E-state index is 12.6. The Morgan fingerprint density at radius 3 is 2.57 bits per heavy atom. The quantitative estimate of drug-likeness (QED) is 0.899. The molecule has 0 aliphatic heterocycles. The third kappa shape index (κ3) is 2.98. The Morgan fingerprint density at radius 1 is 1.33 bits per heavy atom. The van der Waals surface area contributed by atoms with Gasteiger partial charge in [0.2, 0.25) is 0 Å². The second-order valence-electron chi connectivity index (χ2n) is 4.58. The minimum Gasteiger partial charge on any atom is -0.478 e. The smallest absolute Gasteiger partial charge is 0.340 e. The van der Waals surface area contributed by atoms with E-state index in [1.165, 1.54) is 4.90 Å². The van der Waals surface area contributed by atoms with Gasteiger partial charge in [-0.15, -0.1) is 0 Å². The molecule has 0 spiro atoms. The van der Waals surface area contributed by atoms with Crippen LogP contribution >= 0.6 is 27.5 Å². The number of amides is 1. The molecule has 110 valence electrons. The van der Waals surface area contributed by atoms with Crippen molar-refractivity contribution in [1.82, 2.24) is 4.37 Å². The summed E-state index contributed by atoms with van der Waals surface area (Å²) in [5.41, 5.74) is 1.84. The fraction of sp³-hybridized carbons (Fsp3) is 0.214. The van der Waals surface area contributed by atoms with Crippen LogP contribution in [-0.4, -0.2) is 28.4 Å². The van der Waals surface area contributed by atoms with Gasteiger partial charge in [0.05, 0.1) is 5.69 Å². The van der Waals surface area contributed by atoms with E-state index in [-0.39, 0.29) is 11.5 Å². The number of hydrogen-bond donors (Lipinski definition) is 1. The van der Waals surface area contributed by atoms with Gasteiger partial charge in [-0.25, -0.2) is 4.79 Å². The predicted octanol–water partition coefficient (Wildman–Crippen LogP) is 3.50. The zero-order valence-electron chi connectivity index (χ0n) is 11.7. The summed E-state index contributed by atoms with van der Waals surface area (Å²) < 4.78 is 4.92. The van der Waals surface area contributed by atoms with Crippen LogP contribution in [-0.2, 0) is 0 Å². The summed E-state index contributed by atoms with van der Waals surface area (Å²) in [6, 6.07) is 5.34. The molecule has 0 unspecified atom stereocenters. The normalized spacial score (nSPS) is 10.5. The molecule has 0 saturated heterocycles. The molecule has 7 heteroatoms. The van der Waals surface area contributed by atoms with Crippen LogP contribution in [0.25, 0.3) is 0 Å². The van der Waals surface area contributed by atoms with E-state index >= 15 is 0 Å². The van der Waals surface area contributed by atoms with Gasteiger partial charge in [0.15, 0.2) is 0 Å². The molecule has 0 aliphatic carbocycles. The van der Waals surface area contributed by atoms with Crippen LogP contribution in [0.5, 0.6) is 0 Å². The standard InChI is InChI=1S/C14H13BrN2O3S/c1-7-6-9(15)4-5-10(7)12(18)17(3)13-11(14(19)20)8(2)16-21-13/h4-6H,1-3H3,(H,19,20). The van der Waals surface area contributed by atoms with Crippen molar-refractivity contribution in [3.05, 3.63) is 45.1 Å². The molecule has 0 radical (unpaired) electrons. The lowest BCUT2D eigenvalue weighted by atomic mass is 10.1. The van der Waals surface area contributed by atoms with E-state index in [0.29, 0.717) is 16.3 Å². The van der Waals surface area contributed by atoms with Gasteiger partial charge in [-0.1, -0.05) is 15.9 Å². The molecule has 0 fully saturated rings. The fourth-order valence-corrected chi connectivity index (χ4v) is 3.29. The van der Waals surface area contributed by atoms with Crippen LogP contribution in [0.2, 0.25) is 0 Å². The third-order valence-corrected chi connectivity index (χ3v) is 4.60. The summed E-state index contributed by atoms with van der Waals surface area (Å²) in [5.74, 6) is -1.34. The van der Waals surface area contributed by atoms with Crippen molar-refractivity contribution in [2.24, 2.45) is 0 Å². The first kappa shape index (κ1) is 15.7. The highest BCUT2D eigenvalue weighted by Crippen LogP contribution is 2.29. The number of halogens is 1. The number of aromatic nitrogens is 1. The zero-order valence-corrected chi connectivity index (χ0v) is 14.1. The second kappa shape index (κ2) is 5.95. The Labute approximate surface area is 134 Å². The van der Waals surface area contributed by atoms with Gasteiger partial charge in [-0.2, -0.15) is 4.37 Å². The first-order chi connectivity index (χ1) is 9.82. The largest absolute Gasteiger partial charge is 0.478 e. The zero-order chi connectivity index (χ0) is 15.7. The minimum absolute atomic E-state index is 0.0746. The summed E-state index contributed by atoms with van der Waals surface area (Å²) in [7, 11) is 1.56. The van der Waals surface area contributed by atoms with Crippen LogP contribution in [0.4, 0.5) is 5.00 Å². The second-order valence-corrected chi connectivity index (χ2v) is 6.24. The molecule has 5 nitrogen and oxygen atoms in total. The van der Waals surface area contributed by atoms with E-state index in [1.54, 1.807) is 26.1 Å². The lowest BCUT2D eigenvalue weighted by Crippen LogP contribution is -2.27. The number of anilines is 1. The lowest BCUT2D eigenvalue weighted by molar-refractivity contribution is 0.0697. The molecule has 0 aliphatic rings. The number of carboxylic acid groups (broad SMARTS) is 1. The molecule has 2 aromatic rings. The van der Waals surface area contributed by atoms with E-state index in [4.69, 9.17) is 0 Å². The average Bonchev–Trinajstić information content (AvgIpc) is 2.79. The van der Waals surface area contributed by atoms with Gasteiger partial charge in [0, 0.05) is 17.1 Å². The first-order valence-corrected chi connectivity index (χ1v) is 7.63. The van der Waals surface area contributed by atoms with Crippen molar-refractivity contribution in [2.75, 3.05) is 11.9 Å². The molecule has 1 aromatic carbocycles. The summed E-state index contributed by atoms with van der Waals surface area (Å²) in [6.07, 6.45) is 0. The number of nitrogens with zero attached hydrogens (tertiary/aromatic N) is 2. The summed E-state index contributed by atoms with van der Waals surface area (Å²) in [5, 5.41) is 9.59. The van der Waals surface area contributed by atoms with Crippen molar-refractivity contribution in [2.45, 2.75) is 13.8 Å². The molecule has 0 atom stereocenters. The van der Waals surface area contributed by atoms with E-state index in [1.807, 2.05) is 13.0 Å². The molecule has 1 amide bonds. The number of benzene rings is 1. The van der Waals surface area contributed by atoms with Gasteiger partial charge >= 0.3 is 5.97 Å². The van der Waals surface area contributed by atoms with Crippen molar-refractivity contribution < 1.29 is 14.7 Å². The highest BCUT2D eigenvalue weighted by Gasteiger charge is 2.25. The Hall–Kier alpha value is -1.73. The van der Waals surface area contributed by atoms with Crippen molar-refractivity contribution in [3.63, 3.8) is 0 Å². The molecular formula is C14H13BrN2O3S. The number of aryl methyl sites for hydroxylation is 2. The first-order valence-electron chi connectivity index (χ1n) is 6.06. The van der Waals surface area contributed by atoms with Gasteiger partial charge in [0.25, 0.3) is 5.91 Å². The monoisotopic (exact) mass is 368 g/mol. The van der Waals surface area contributed by atoms with E-state index < -0.39 is 5.97 Å². The minimum atomic E-state index is -1.08. The number of carbonyl (C=O) groups is 2. The predicted molar refractivity (Wildman–Crippen MR) is 85.4 cm³/mol.